The van der Waals surface area contributed by atoms with Gasteiger partial charge in [0.1, 0.15) is 11.8 Å². The summed E-state index contributed by atoms with van der Waals surface area (Å²) in [6.45, 7) is 2.70. The third-order valence-corrected chi connectivity index (χ3v) is 4.44. The Hall–Kier alpha value is -2.70. The van der Waals surface area contributed by atoms with Crippen molar-refractivity contribution in [3.8, 4) is 6.07 Å². The van der Waals surface area contributed by atoms with Gasteiger partial charge in [-0.25, -0.2) is 0 Å². The Kier molecular flexibility index (Phi) is 4.59. The standard InChI is InChI=1S/C20H18ClN3/c1-14-5-2-3-7-16(14)13-24-18(12-22)11-19(23)20(24)10-15-6-4-8-17(21)9-15/h2-9,11H,10,13,23H2,1H3. The van der Waals surface area contributed by atoms with Gasteiger partial charge in [0.15, 0.2) is 0 Å². The smallest absolute Gasteiger partial charge is 0.122 e. The van der Waals surface area contributed by atoms with E-state index in [1.165, 1.54) is 11.1 Å². The van der Waals surface area contributed by atoms with Crippen molar-refractivity contribution < 1.29 is 0 Å². The number of hydrogen-bond donors (Lipinski definition) is 1. The molecule has 3 rings (SSSR count). The van der Waals surface area contributed by atoms with E-state index in [1.807, 2.05) is 41.0 Å². The van der Waals surface area contributed by atoms with E-state index >= 15 is 0 Å². The lowest BCUT2D eigenvalue weighted by Crippen LogP contribution is -2.09. The molecule has 0 aliphatic carbocycles. The van der Waals surface area contributed by atoms with E-state index in [1.54, 1.807) is 6.07 Å². The SMILES string of the molecule is Cc1ccccc1Cn1c(C#N)cc(N)c1Cc1cccc(Cl)c1. The fourth-order valence-corrected chi connectivity index (χ4v) is 3.09. The number of aryl methyl sites for hydroxylation is 1. The van der Waals surface area contributed by atoms with E-state index in [0.29, 0.717) is 29.4 Å². The highest BCUT2D eigenvalue weighted by molar-refractivity contribution is 6.30. The summed E-state index contributed by atoms with van der Waals surface area (Å²) in [5.41, 5.74) is 11.8. The second kappa shape index (κ2) is 6.82. The molecule has 1 aromatic heterocycles. The molecule has 0 amide bonds. The van der Waals surface area contributed by atoms with Gasteiger partial charge in [-0.1, -0.05) is 48.0 Å². The van der Waals surface area contributed by atoms with Crippen LogP contribution in [-0.2, 0) is 13.0 Å². The maximum Gasteiger partial charge on any atom is 0.122 e. The average molecular weight is 336 g/mol. The minimum Gasteiger partial charge on any atom is -0.397 e. The molecule has 4 heteroatoms. The molecule has 0 unspecified atom stereocenters. The lowest BCUT2D eigenvalue weighted by atomic mass is 10.1. The lowest BCUT2D eigenvalue weighted by molar-refractivity contribution is 0.745. The van der Waals surface area contributed by atoms with Gasteiger partial charge in [0, 0.05) is 23.7 Å². The van der Waals surface area contributed by atoms with Crippen molar-refractivity contribution in [3.05, 3.63) is 87.7 Å². The maximum absolute atomic E-state index is 9.47. The quantitative estimate of drug-likeness (QED) is 0.760. The van der Waals surface area contributed by atoms with Crippen molar-refractivity contribution in [3.63, 3.8) is 0 Å². The molecule has 0 aliphatic heterocycles. The molecule has 0 aliphatic rings. The molecular formula is C20H18ClN3. The zero-order valence-electron chi connectivity index (χ0n) is 13.5. The first-order valence-electron chi connectivity index (χ1n) is 7.75. The third-order valence-electron chi connectivity index (χ3n) is 4.21. The topological polar surface area (TPSA) is 54.7 Å². The van der Waals surface area contributed by atoms with Crippen LogP contribution in [0.2, 0.25) is 5.02 Å². The number of nitrogens with two attached hydrogens (primary N) is 1. The van der Waals surface area contributed by atoms with Gasteiger partial charge in [0.05, 0.1) is 5.69 Å². The average Bonchev–Trinajstić information content (AvgIpc) is 2.85. The number of nitrogen functional groups attached to an aromatic ring is 1. The van der Waals surface area contributed by atoms with Crippen molar-refractivity contribution in [1.29, 1.82) is 5.26 Å². The monoisotopic (exact) mass is 335 g/mol. The predicted molar refractivity (Wildman–Crippen MR) is 98.1 cm³/mol. The highest BCUT2D eigenvalue weighted by atomic mass is 35.5. The summed E-state index contributed by atoms with van der Waals surface area (Å²) in [6.07, 6.45) is 0.639. The zero-order chi connectivity index (χ0) is 17.1. The second-order valence-corrected chi connectivity index (χ2v) is 6.30. The molecule has 3 aromatic rings. The Labute approximate surface area is 146 Å². The summed E-state index contributed by atoms with van der Waals surface area (Å²) in [5.74, 6) is 0. The Bertz CT molecular complexity index is 919. The minimum atomic E-state index is 0.577. The first-order chi connectivity index (χ1) is 11.6. The van der Waals surface area contributed by atoms with E-state index < -0.39 is 0 Å². The van der Waals surface area contributed by atoms with E-state index in [4.69, 9.17) is 17.3 Å². The molecule has 0 fully saturated rings. The summed E-state index contributed by atoms with van der Waals surface area (Å²) in [6, 6.07) is 19.9. The molecular weight excluding hydrogens is 318 g/mol. The predicted octanol–water partition coefficient (Wildman–Crippen LogP) is 4.54. The van der Waals surface area contributed by atoms with Crippen LogP contribution in [-0.4, -0.2) is 4.57 Å². The van der Waals surface area contributed by atoms with Crippen LogP contribution in [0, 0.1) is 18.3 Å². The first kappa shape index (κ1) is 16.2. The lowest BCUT2D eigenvalue weighted by Gasteiger charge is -2.13. The zero-order valence-corrected chi connectivity index (χ0v) is 14.2. The number of anilines is 1. The summed E-state index contributed by atoms with van der Waals surface area (Å²) in [7, 11) is 0. The molecule has 3 nitrogen and oxygen atoms in total. The van der Waals surface area contributed by atoms with Crippen LogP contribution in [0.15, 0.2) is 54.6 Å². The normalized spacial score (nSPS) is 10.5. The van der Waals surface area contributed by atoms with Gasteiger partial charge in [-0.2, -0.15) is 5.26 Å². The van der Waals surface area contributed by atoms with Gasteiger partial charge in [0.25, 0.3) is 0 Å². The maximum atomic E-state index is 9.47. The van der Waals surface area contributed by atoms with E-state index in [2.05, 4.69) is 25.1 Å². The van der Waals surface area contributed by atoms with Gasteiger partial charge in [-0.3, -0.25) is 0 Å². The molecule has 0 atom stereocenters. The fraction of sp³-hybridized carbons (Fsp3) is 0.150. The largest absolute Gasteiger partial charge is 0.397 e. The summed E-state index contributed by atoms with van der Waals surface area (Å²) < 4.78 is 2.00. The molecule has 0 saturated heterocycles. The van der Waals surface area contributed by atoms with E-state index in [9.17, 15) is 5.26 Å². The van der Waals surface area contributed by atoms with Crippen molar-refractivity contribution in [1.82, 2.24) is 4.57 Å². The highest BCUT2D eigenvalue weighted by Crippen LogP contribution is 2.24. The number of hydrogen-bond acceptors (Lipinski definition) is 2. The number of nitriles is 1. The molecule has 0 saturated carbocycles. The molecule has 2 aromatic carbocycles. The van der Waals surface area contributed by atoms with Gasteiger partial charge in [-0.05, 0) is 41.8 Å². The van der Waals surface area contributed by atoms with Crippen LogP contribution in [0.1, 0.15) is 28.1 Å². The molecule has 24 heavy (non-hydrogen) atoms. The Morgan fingerprint density at radius 3 is 2.62 bits per heavy atom. The van der Waals surface area contributed by atoms with Crippen LogP contribution in [0.5, 0.6) is 0 Å². The molecule has 1 heterocycles. The van der Waals surface area contributed by atoms with Crippen molar-refractivity contribution >= 4 is 17.3 Å². The van der Waals surface area contributed by atoms with Gasteiger partial charge < -0.3 is 10.3 Å². The van der Waals surface area contributed by atoms with Crippen molar-refractivity contribution in [2.45, 2.75) is 19.9 Å². The summed E-state index contributed by atoms with van der Waals surface area (Å²) in [4.78, 5) is 0. The highest BCUT2D eigenvalue weighted by Gasteiger charge is 2.15. The molecule has 120 valence electrons. The third kappa shape index (κ3) is 3.29. The van der Waals surface area contributed by atoms with Crippen LogP contribution in [0.25, 0.3) is 0 Å². The van der Waals surface area contributed by atoms with Gasteiger partial charge >= 0.3 is 0 Å². The minimum absolute atomic E-state index is 0.577. The fourth-order valence-electron chi connectivity index (χ4n) is 2.88. The Morgan fingerprint density at radius 1 is 1.12 bits per heavy atom. The van der Waals surface area contributed by atoms with Crippen molar-refractivity contribution in [2.24, 2.45) is 0 Å². The molecule has 0 bridgehead atoms. The second-order valence-electron chi connectivity index (χ2n) is 5.86. The van der Waals surface area contributed by atoms with Crippen molar-refractivity contribution in [2.75, 3.05) is 5.73 Å². The van der Waals surface area contributed by atoms with Crippen LogP contribution < -0.4 is 5.73 Å². The van der Waals surface area contributed by atoms with Crippen LogP contribution >= 0.6 is 11.6 Å². The molecule has 0 radical (unpaired) electrons. The van der Waals surface area contributed by atoms with Crippen LogP contribution in [0.4, 0.5) is 5.69 Å². The Balaban J connectivity index is 2.02. The summed E-state index contributed by atoms with van der Waals surface area (Å²) in [5, 5.41) is 10.2. The van der Waals surface area contributed by atoms with Gasteiger partial charge in [0.2, 0.25) is 0 Å². The van der Waals surface area contributed by atoms with Crippen LogP contribution in [0.3, 0.4) is 0 Å². The van der Waals surface area contributed by atoms with E-state index in [-0.39, 0.29) is 0 Å². The van der Waals surface area contributed by atoms with E-state index in [0.717, 1.165) is 11.3 Å². The number of nitrogens with zero attached hydrogens (tertiary/aromatic N) is 2. The molecule has 2 N–H and O–H groups in total. The number of aromatic nitrogens is 1. The number of rotatable bonds is 4. The van der Waals surface area contributed by atoms with Gasteiger partial charge in [-0.15, -0.1) is 0 Å². The Morgan fingerprint density at radius 2 is 1.92 bits per heavy atom. The number of halogens is 1. The number of benzene rings is 2. The summed E-state index contributed by atoms with van der Waals surface area (Å²) >= 11 is 6.08. The first-order valence-corrected chi connectivity index (χ1v) is 8.13. The molecule has 0 spiro atoms.